The maximum Gasteiger partial charge on any atom is 0.242 e. The second-order valence-electron chi connectivity index (χ2n) is 6.82. The van der Waals surface area contributed by atoms with Gasteiger partial charge < -0.3 is 10.2 Å². The van der Waals surface area contributed by atoms with E-state index in [1.807, 2.05) is 0 Å². The predicted molar refractivity (Wildman–Crippen MR) is 82.4 cm³/mol. The molecular formula is C17H23FN2O2. The van der Waals surface area contributed by atoms with Crippen molar-refractivity contribution in [3.05, 3.63) is 35.6 Å². The lowest BCUT2D eigenvalue weighted by Gasteiger charge is -2.24. The lowest BCUT2D eigenvalue weighted by molar-refractivity contribution is -0.136. The molecular weight excluding hydrogens is 283 g/mol. The van der Waals surface area contributed by atoms with Gasteiger partial charge in [-0.3, -0.25) is 9.59 Å². The van der Waals surface area contributed by atoms with Crippen molar-refractivity contribution in [3.8, 4) is 0 Å². The Morgan fingerprint density at radius 3 is 2.55 bits per heavy atom. The minimum Gasteiger partial charge on any atom is -0.347 e. The summed E-state index contributed by atoms with van der Waals surface area (Å²) in [5.41, 5.74) is 0.246. The average molecular weight is 306 g/mol. The molecule has 2 rings (SSSR count). The summed E-state index contributed by atoms with van der Waals surface area (Å²) < 4.78 is 13.3. The van der Waals surface area contributed by atoms with Gasteiger partial charge in [-0.1, -0.05) is 32.9 Å². The maximum atomic E-state index is 13.3. The van der Waals surface area contributed by atoms with Crippen LogP contribution in [0.15, 0.2) is 24.3 Å². The zero-order valence-corrected chi connectivity index (χ0v) is 13.4. The van der Waals surface area contributed by atoms with Gasteiger partial charge in [0.25, 0.3) is 0 Å². The SMILES string of the molecule is CC(C)(C)C(=O)NCC(=O)N(Cc1cccc(F)c1)C1CC1. The van der Waals surface area contributed by atoms with Gasteiger partial charge in [-0.05, 0) is 30.5 Å². The Hall–Kier alpha value is -1.91. The predicted octanol–water partition coefficient (Wildman–Crippen LogP) is 2.48. The maximum absolute atomic E-state index is 13.3. The second kappa shape index (κ2) is 6.46. The lowest BCUT2D eigenvalue weighted by atomic mass is 9.96. The van der Waals surface area contributed by atoms with E-state index >= 15 is 0 Å². The average Bonchev–Trinajstić information content (AvgIpc) is 3.25. The first kappa shape index (κ1) is 16.5. The second-order valence-corrected chi connectivity index (χ2v) is 6.82. The summed E-state index contributed by atoms with van der Waals surface area (Å²) in [5.74, 6) is -0.576. The van der Waals surface area contributed by atoms with Gasteiger partial charge in [0.05, 0.1) is 6.54 Å². The number of halogens is 1. The topological polar surface area (TPSA) is 49.4 Å². The summed E-state index contributed by atoms with van der Waals surface area (Å²) in [4.78, 5) is 25.9. The molecule has 1 aliphatic rings. The van der Waals surface area contributed by atoms with E-state index < -0.39 is 5.41 Å². The number of carbonyl (C=O) groups excluding carboxylic acids is 2. The van der Waals surface area contributed by atoms with E-state index in [1.165, 1.54) is 12.1 Å². The van der Waals surface area contributed by atoms with E-state index in [1.54, 1.807) is 37.8 Å². The Balaban J connectivity index is 1.96. The van der Waals surface area contributed by atoms with E-state index in [0.29, 0.717) is 6.54 Å². The highest BCUT2D eigenvalue weighted by atomic mass is 19.1. The smallest absolute Gasteiger partial charge is 0.242 e. The van der Waals surface area contributed by atoms with Crippen molar-refractivity contribution in [1.29, 1.82) is 0 Å². The lowest BCUT2D eigenvalue weighted by Crippen LogP contribution is -2.44. The van der Waals surface area contributed by atoms with Crippen molar-refractivity contribution in [3.63, 3.8) is 0 Å². The van der Waals surface area contributed by atoms with Crippen molar-refractivity contribution >= 4 is 11.8 Å². The van der Waals surface area contributed by atoms with Gasteiger partial charge in [0.15, 0.2) is 0 Å². The molecule has 22 heavy (non-hydrogen) atoms. The van der Waals surface area contributed by atoms with E-state index in [-0.39, 0.29) is 30.2 Å². The van der Waals surface area contributed by atoms with Gasteiger partial charge in [0.1, 0.15) is 5.82 Å². The van der Waals surface area contributed by atoms with Crippen LogP contribution in [-0.2, 0) is 16.1 Å². The fraction of sp³-hybridized carbons (Fsp3) is 0.529. The van der Waals surface area contributed by atoms with Crippen LogP contribution < -0.4 is 5.32 Å². The summed E-state index contributed by atoms with van der Waals surface area (Å²) in [6, 6.07) is 6.48. The highest BCUT2D eigenvalue weighted by molar-refractivity contribution is 5.87. The number of hydrogen-bond acceptors (Lipinski definition) is 2. The molecule has 120 valence electrons. The first-order valence-electron chi connectivity index (χ1n) is 7.59. The molecule has 1 aliphatic carbocycles. The molecule has 0 bridgehead atoms. The third kappa shape index (κ3) is 4.55. The van der Waals surface area contributed by atoms with Gasteiger partial charge in [-0.15, -0.1) is 0 Å². The molecule has 5 heteroatoms. The molecule has 0 atom stereocenters. The van der Waals surface area contributed by atoms with Gasteiger partial charge >= 0.3 is 0 Å². The molecule has 0 aliphatic heterocycles. The van der Waals surface area contributed by atoms with Crippen molar-refractivity contribution < 1.29 is 14.0 Å². The molecule has 0 unspecified atom stereocenters. The number of nitrogens with zero attached hydrogens (tertiary/aromatic N) is 1. The fourth-order valence-electron chi connectivity index (χ4n) is 2.16. The summed E-state index contributed by atoms with van der Waals surface area (Å²) in [6.07, 6.45) is 1.93. The first-order chi connectivity index (χ1) is 10.3. The molecule has 4 nitrogen and oxygen atoms in total. The molecule has 0 spiro atoms. The summed E-state index contributed by atoms with van der Waals surface area (Å²) in [5, 5.41) is 2.68. The summed E-state index contributed by atoms with van der Waals surface area (Å²) >= 11 is 0. The van der Waals surface area contributed by atoms with E-state index in [4.69, 9.17) is 0 Å². The highest BCUT2D eigenvalue weighted by Gasteiger charge is 2.33. The van der Waals surface area contributed by atoms with Crippen molar-refractivity contribution in [2.24, 2.45) is 5.41 Å². The Kier molecular flexibility index (Phi) is 4.84. The third-order valence-electron chi connectivity index (χ3n) is 3.63. The monoisotopic (exact) mass is 306 g/mol. The number of amides is 2. The number of hydrogen-bond donors (Lipinski definition) is 1. The minimum atomic E-state index is -0.521. The molecule has 2 amide bonds. The van der Waals surface area contributed by atoms with Crippen molar-refractivity contribution in [2.75, 3.05) is 6.54 Å². The number of carbonyl (C=O) groups is 2. The van der Waals surface area contributed by atoms with Crippen LogP contribution in [0.1, 0.15) is 39.2 Å². The van der Waals surface area contributed by atoms with Crippen LogP contribution in [0.5, 0.6) is 0 Å². The molecule has 1 aromatic rings. The number of rotatable bonds is 5. The van der Waals surface area contributed by atoms with E-state index in [9.17, 15) is 14.0 Å². The summed E-state index contributed by atoms with van der Waals surface area (Å²) in [6.45, 7) is 5.78. The van der Waals surface area contributed by atoms with Crippen LogP contribution in [0.25, 0.3) is 0 Å². The Morgan fingerprint density at radius 2 is 2.00 bits per heavy atom. The summed E-state index contributed by atoms with van der Waals surface area (Å²) in [7, 11) is 0. The standard InChI is InChI=1S/C17H23FN2O2/c1-17(2,3)16(22)19-10-15(21)20(14-7-8-14)11-12-5-4-6-13(18)9-12/h4-6,9,14H,7-8,10-11H2,1-3H3,(H,19,22). The van der Waals surface area contributed by atoms with Crippen LogP contribution in [0.4, 0.5) is 4.39 Å². The molecule has 1 fully saturated rings. The Bertz CT molecular complexity index is 562. The van der Waals surface area contributed by atoms with E-state index in [0.717, 1.165) is 18.4 Å². The number of nitrogens with one attached hydrogen (secondary N) is 1. The van der Waals surface area contributed by atoms with Gasteiger partial charge in [0, 0.05) is 18.0 Å². The zero-order chi connectivity index (χ0) is 16.3. The van der Waals surface area contributed by atoms with Crippen LogP contribution in [0.3, 0.4) is 0 Å². The molecule has 0 saturated heterocycles. The fourth-order valence-corrected chi connectivity index (χ4v) is 2.16. The number of benzene rings is 1. The Labute approximate surface area is 130 Å². The zero-order valence-electron chi connectivity index (χ0n) is 13.4. The van der Waals surface area contributed by atoms with Crippen molar-refractivity contribution in [2.45, 2.75) is 46.2 Å². The first-order valence-corrected chi connectivity index (χ1v) is 7.59. The molecule has 0 heterocycles. The quantitative estimate of drug-likeness (QED) is 0.908. The third-order valence-corrected chi connectivity index (χ3v) is 3.63. The normalized spacial score (nSPS) is 14.5. The van der Waals surface area contributed by atoms with Crippen LogP contribution in [0.2, 0.25) is 0 Å². The molecule has 0 aromatic heterocycles. The molecule has 1 saturated carbocycles. The van der Waals surface area contributed by atoms with Gasteiger partial charge in [0.2, 0.25) is 11.8 Å². The van der Waals surface area contributed by atoms with Crippen molar-refractivity contribution in [1.82, 2.24) is 10.2 Å². The molecule has 1 N–H and O–H groups in total. The minimum absolute atomic E-state index is 0.0120. The highest BCUT2D eigenvalue weighted by Crippen LogP contribution is 2.28. The van der Waals surface area contributed by atoms with E-state index in [2.05, 4.69) is 5.32 Å². The largest absolute Gasteiger partial charge is 0.347 e. The van der Waals surface area contributed by atoms with Gasteiger partial charge in [-0.2, -0.15) is 0 Å². The Morgan fingerprint density at radius 1 is 1.32 bits per heavy atom. The van der Waals surface area contributed by atoms with Gasteiger partial charge in [-0.25, -0.2) is 4.39 Å². The molecule has 1 aromatic carbocycles. The van der Waals surface area contributed by atoms with Crippen LogP contribution in [-0.4, -0.2) is 29.3 Å². The van der Waals surface area contributed by atoms with Crippen LogP contribution in [0, 0.1) is 11.2 Å². The van der Waals surface area contributed by atoms with Crippen LogP contribution >= 0.6 is 0 Å². The molecule has 0 radical (unpaired) electrons.